The van der Waals surface area contributed by atoms with Crippen LogP contribution in [0, 0.1) is 0 Å². The highest BCUT2D eigenvalue weighted by Crippen LogP contribution is 2.40. The van der Waals surface area contributed by atoms with E-state index >= 15 is 0 Å². The number of carbonyl (C=O) groups is 3. The third-order valence-electron chi connectivity index (χ3n) is 12.5. The molecule has 384 valence electrons. The Kier molecular flexibility index (Phi) is 17.6. The lowest BCUT2D eigenvalue weighted by atomic mass is 9.87. The molecule has 8 N–H and O–H groups in total. The summed E-state index contributed by atoms with van der Waals surface area (Å²) in [5.41, 5.74) is 3.10. The molecule has 2 heterocycles. The molecule has 6 aromatic rings. The van der Waals surface area contributed by atoms with E-state index in [-0.39, 0.29) is 58.5 Å². The van der Waals surface area contributed by atoms with E-state index in [1.165, 1.54) is 60.7 Å². The van der Waals surface area contributed by atoms with Crippen molar-refractivity contribution >= 4 is 29.9 Å². The van der Waals surface area contributed by atoms with Crippen molar-refractivity contribution in [3.8, 4) is 23.0 Å². The maximum atomic E-state index is 14.0. The molecule has 0 saturated carbocycles. The van der Waals surface area contributed by atoms with Crippen LogP contribution in [0.1, 0.15) is 66.3 Å². The number of aliphatic hydroxyl groups is 8. The average Bonchev–Trinajstić information content (AvgIpc) is 3.43. The van der Waals surface area contributed by atoms with Crippen molar-refractivity contribution in [1.82, 2.24) is 0 Å². The van der Waals surface area contributed by atoms with E-state index in [1.54, 1.807) is 48.5 Å². The maximum absolute atomic E-state index is 14.0. The first kappa shape index (κ1) is 52.9. The van der Waals surface area contributed by atoms with E-state index in [0.717, 1.165) is 11.1 Å². The summed E-state index contributed by atoms with van der Waals surface area (Å²) in [6.45, 7) is -1.11. The van der Waals surface area contributed by atoms with Gasteiger partial charge in [0.05, 0.1) is 24.3 Å². The van der Waals surface area contributed by atoms with Crippen LogP contribution < -0.4 is 18.9 Å². The van der Waals surface area contributed by atoms with E-state index in [9.17, 15) is 55.2 Å². The van der Waals surface area contributed by atoms with Gasteiger partial charge in [0.25, 0.3) is 0 Å². The number of rotatable bonds is 18. The fraction of sp³-hybridized carbons (Fsp3) is 0.246. The van der Waals surface area contributed by atoms with Crippen molar-refractivity contribution in [3.63, 3.8) is 0 Å². The van der Waals surface area contributed by atoms with Crippen LogP contribution in [0.15, 0.2) is 158 Å². The Bertz CT molecular complexity index is 2710. The summed E-state index contributed by atoms with van der Waals surface area (Å²) in [6, 6.07) is 40.2. The van der Waals surface area contributed by atoms with Crippen molar-refractivity contribution in [2.45, 2.75) is 74.3 Å². The summed E-state index contributed by atoms with van der Waals surface area (Å²) in [6.07, 6.45) is -10.4. The fourth-order valence-corrected chi connectivity index (χ4v) is 8.54. The summed E-state index contributed by atoms with van der Waals surface area (Å²) in [5, 5.41) is 83.6. The zero-order valence-electron chi connectivity index (χ0n) is 39.5. The second-order valence-electron chi connectivity index (χ2n) is 17.5. The number of benzene rings is 6. The zero-order chi connectivity index (χ0) is 52.3. The van der Waals surface area contributed by atoms with Crippen molar-refractivity contribution in [3.05, 3.63) is 202 Å². The molecule has 2 aliphatic heterocycles. The largest absolute Gasteiger partial charge is 0.519 e. The third kappa shape index (κ3) is 12.5. The Labute approximate surface area is 425 Å². The van der Waals surface area contributed by atoms with Crippen LogP contribution in [-0.4, -0.2) is 121 Å². The zero-order valence-corrected chi connectivity index (χ0v) is 39.5. The molecule has 17 heteroatoms. The summed E-state index contributed by atoms with van der Waals surface area (Å²) >= 11 is 0. The standard InChI is InChI=1S/C57H54O17/c58-29-45-49(62)51(64)53(66)55(73-45)39-13-7-15-43(69-31-35-9-3-1-4-10-35)47(39)41(60)27-21-33-17-23-37(24-18-33)71-57(68)72-38-25-19-34(20-26-38)22-28-42(61)48-40(56-54(67)52(65)50(63)46(30-59)74-56)14-8-16-44(48)70-32-36-11-5-2-6-12-36/h1-28,45-46,49-56,58-59,62-67H,29-32H2/b27-21-,28-22-/t45-,46-,49-,50-,51+,52+,53-,54-,55+,56+/m1/s1. The molecule has 2 saturated heterocycles. The highest BCUT2D eigenvalue weighted by Gasteiger charge is 2.46. The van der Waals surface area contributed by atoms with Crippen molar-refractivity contribution < 1.29 is 83.7 Å². The van der Waals surface area contributed by atoms with E-state index in [4.69, 9.17) is 28.4 Å². The SMILES string of the molecule is O=C(Oc1ccc(/C=C\C(=O)c2c(OCc3ccccc3)cccc2[C@@H]2O[C@H](CO)[C@@H](O)[C@H](O)[C@H]2O)cc1)Oc1ccc(/C=C\C(=O)c2c(OCc3ccccc3)cccc2[C@@H]2O[C@H](CO)[C@@H](O)[C@H](O)[C@H]2O)cc1. The van der Waals surface area contributed by atoms with Gasteiger partial charge in [-0.1, -0.05) is 121 Å². The Morgan fingerprint density at radius 3 is 1.19 bits per heavy atom. The third-order valence-corrected chi connectivity index (χ3v) is 12.5. The second-order valence-corrected chi connectivity index (χ2v) is 17.5. The Balaban J connectivity index is 0.920. The lowest BCUT2D eigenvalue weighted by molar-refractivity contribution is -0.231. The molecule has 0 unspecified atom stereocenters. The summed E-state index contributed by atoms with van der Waals surface area (Å²) in [5.74, 6) is -0.527. The van der Waals surface area contributed by atoms with Gasteiger partial charge in [-0.25, -0.2) is 4.79 Å². The Morgan fingerprint density at radius 2 is 0.824 bits per heavy atom. The molecule has 0 spiro atoms. The number of ketones is 2. The van der Waals surface area contributed by atoms with Crippen LogP contribution >= 0.6 is 0 Å². The van der Waals surface area contributed by atoms with Crippen LogP contribution in [-0.2, 0) is 22.7 Å². The lowest BCUT2D eigenvalue weighted by Gasteiger charge is -2.40. The first-order chi connectivity index (χ1) is 35.8. The molecule has 6 aromatic carbocycles. The molecule has 8 rings (SSSR count). The van der Waals surface area contributed by atoms with Gasteiger partial charge in [0, 0.05) is 0 Å². The predicted molar refractivity (Wildman–Crippen MR) is 266 cm³/mol. The van der Waals surface area contributed by atoms with E-state index in [1.807, 2.05) is 60.7 Å². The van der Waals surface area contributed by atoms with Crippen LogP contribution in [0.5, 0.6) is 23.0 Å². The van der Waals surface area contributed by atoms with Gasteiger partial charge in [0.1, 0.15) is 97.3 Å². The average molecular weight is 1010 g/mol. The molecule has 2 aliphatic rings. The summed E-state index contributed by atoms with van der Waals surface area (Å²) in [4.78, 5) is 40.9. The molecule has 0 aromatic heterocycles. The second kappa shape index (κ2) is 24.6. The number of carbonyl (C=O) groups excluding carboxylic acids is 3. The molecular formula is C57H54O17. The van der Waals surface area contributed by atoms with E-state index in [2.05, 4.69) is 0 Å². The minimum absolute atomic E-state index is 0.0269. The van der Waals surface area contributed by atoms with Gasteiger partial charge in [0.2, 0.25) is 0 Å². The molecule has 0 aliphatic carbocycles. The monoisotopic (exact) mass is 1010 g/mol. The molecule has 0 radical (unpaired) electrons. The van der Waals surface area contributed by atoms with Gasteiger partial charge >= 0.3 is 6.16 Å². The number of hydrogen-bond donors (Lipinski definition) is 8. The molecule has 0 bridgehead atoms. The predicted octanol–water partition coefficient (Wildman–Crippen LogP) is 5.24. The van der Waals surface area contributed by atoms with Gasteiger partial charge in [-0.05, 0) is 81.9 Å². The molecule has 0 amide bonds. The van der Waals surface area contributed by atoms with Crippen molar-refractivity contribution in [2.24, 2.45) is 0 Å². The fourth-order valence-electron chi connectivity index (χ4n) is 8.54. The normalized spacial score (nSPS) is 23.8. The molecule has 10 atom stereocenters. The quantitative estimate of drug-likeness (QED) is 0.0237. The molecule has 17 nitrogen and oxygen atoms in total. The minimum atomic E-state index is -1.68. The highest BCUT2D eigenvalue weighted by atomic mass is 16.7. The van der Waals surface area contributed by atoms with E-state index < -0.39 is 92.0 Å². The van der Waals surface area contributed by atoms with Crippen molar-refractivity contribution in [2.75, 3.05) is 13.2 Å². The van der Waals surface area contributed by atoms with Crippen LogP contribution in [0.25, 0.3) is 12.2 Å². The first-order valence-electron chi connectivity index (χ1n) is 23.6. The van der Waals surface area contributed by atoms with E-state index in [0.29, 0.717) is 11.1 Å². The van der Waals surface area contributed by atoms with Crippen LogP contribution in [0.4, 0.5) is 4.79 Å². The van der Waals surface area contributed by atoms with Gasteiger partial charge < -0.3 is 69.3 Å². The number of ether oxygens (including phenoxy) is 6. The molecular weight excluding hydrogens is 957 g/mol. The summed E-state index contributed by atoms with van der Waals surface area (Å²) in [7, 11) is 0. The number of allylic oxidation sites excluding steroid dienone is 2. The molecule has 2 fully saturated rings. The van der Waals surface area contributed by atoms with Gasteiger partial charge in [0.15, 0.2) is 11.6 Å². The topological polar surface area (TPSA) is 268 Å². The Hall–Kier alpha value is -7.39. The molecule has 74 heavy (non-hydrogen) atoms. The smallest absolute Gasteiger partial charge is 0.488 e. The highest BCUT2D eigenvalue weighted by molar-refractivity contribution is 6.10. The van der Waals surface area contributed by atoms with Crippen molar-refractivity contribution in [1.29, 1.82) is 0 Å². The first-order valence-corrected chi connectivity index (χ1v) is 23.6. The van der Waals surface area contributed by atoms with Gasteiger partial charge in [-0.3, -0.25) is 9.59 Å². The Morgan fingerprint density at radius 1 is 0.446 bits per heavy atom. The maximum Gasteiger partial charge on any atom is 0.519 e. The number of hydrogen-bond acceptors (Lipinski definition) is 17. The van der Waals surface area contributed by atoms with Crippen LogP contribution in [0.3, 0.4) is 0 Å². The van der Waals surface area contributed by atoms with Gasteiger partial charge in [-0.2, -0.15) is 0 Å². The summed E-state index contributed by atoms with van der Waals surface area (Å²) < 4.78 is 34.6. The van der Waals surface area contributed by atoms with Gasteiger partial charge in [-0.15, -0.1) is 0 Å². The number of aliphatic hydroxyl groups excluding tert-OH is 8. The van der Waals surface area contributed by atoms with Crippen LogP contribution in [0.2, 0.25) is 0 Å². The minimum Gasteiger partial charge on any atom is -0.488 e. The lowest BCUT2D eigenvalue weighted by Crippen LogP contribution is -2.55.